The summed E-state index contributed by atoms with van der Waals surface area (Å²) in [6.07, 6.45) is 9.40. The molecule has 0 amide bonds. The molecule has 0 atom stereocenters. The number of pyridine rings is 1. The minimum atomic E-state index is 0.535. The lowest BCUT2D eigenvalue weighted by Gasteiger charge is -2.14. The molecule has 2 fully saturated rings. The normalized spacial score (nSPS) is 18.1. The number of aromatic nitrogens is 3. The van der Waals surface area contributed by atoms with E-state index < -0.39 is 0 Å². The monoisotopic (exact) mass is 309 g/mol. The molecule has 5 nitrogen and oxygen atoms in total. The van der Waals surface area contributed by atoms with Gasteiger partial charge < -0.3 is 10.6 Å². The number of rotatable bonds is 6. The van der Waals surface area contributed by atoms with Crippen LogP contribution in [0.15, 0.2) is 30.5 Å². The standard InChI is InChI=1S/C18H23N5/c1-2-6-14(5-1)21-18-22-16(13-8-9-13)11-17(23-18)20-12-15-7-3-4-10-19-15/h3-4,7,10-11,13-14H,1-2,5-6,8-9,12H2,(H2,20,21,22,23). The Bertz CT molecular complexity index is 648. The van der Waals surface area contributed by atoms with Crippen LogP contribution < -0.4 is 10.6 Å². The molecule has 0 unspecified atom stereocenters. The van der Waals surface area contributed by atoms with Crippen molar-refractivity contribution < 1.29 is 0 Å². The molecular formula is C18H23N5. The van der Waals surface area contributed by atoms with Gasteiger partial charge >= 0.3 is 0 Å². The quantitative estimate of drug-likeness (QED) is 0.851. The van der Waals surface area contributed by atoms with Crippen LogP contribution in [0.5, 0.6) is 0 Å². The van der Waals surface area contributed by atoms with Crippen molar-refractivity contribution in [2.45, 2.75) is 57.0 Å². The highest BCUT2D eigenvalue weighted by molar-refractivity contribution is 5.44. The van der Waals surface area contributed by atoms with Gasteiger partial charge in [0, 0.05) is 24.2 Å². The van der Waals surface area contributed by atoms with Crippen LogP contribution in [0.1, 0.15) is 55.8 Å². The number of hydrogen-bond donors (Lipinski definition) is 2. The molecule has 2 aromatic rings. The molecule has 2 N–H and O–H groups in total. The van der Waals surface area contributed by atoms with Crippen molar-refractivity contribution in [3.8, 4) is 0 Å². The van der Waals surface area contributed by atoms with Crippen molar-refractivity contribution in [1.29, 1.82) is 0 Å². The fourth-order valence-electron chi connectivity index (χ4n) is 3.15. The Balaban J connectivity index is 1.49. The summed E-state index contributed by atoms with van der Waals surface area (Å²) in [6.45, 7) is 0.685. The second-order valence-corrected chi connectivity index (χ2v) is 6.58. The molecule has 0 radical (unpaired) electrons. The summed E-state index contributed by atoms with van der Waals surface area (Å²) in [5.41, 5.74) is 2.19. The molecule has 2 aromatic heterocycles. The summed E-state index contributed by atoms with van der Waals surface area (Å²) in [7, 11) is 0. The van der Waals surface area contributed by atoms with Gasteiger partial charge in [-0.1, -0.05) is 18.9 Å². The lowest BCUT2D eigenvalue weighted by Crippen LogP contribution is -2.18. The predicted octanol–water partition coefficient (Wildman–Crippen LogP) is 3.72. The second-order valence-electron chi connectivity index (χ2n) is 6.58. The number of anilines is 2. The van der Waals surface area contributed by atoms with E-state index in [-0.39, 0.29) is 0 Å². The van der Waals surface area contributed by atoms with Gasteiger partial charge in [-0.2, -0.15) is 4.98 Å². The Morgan fingerprint density at radius 3 is 2.65 bits per heavy atom. The van der Waals surface area contributed by atoms with Gasteiger partial charge in [0.15, 0.2) is 0 Å². The van der Waals surface area contributed by atoms with Gasteiger partial charge in [-0.3, -0.25) is 4.98 Å². The van der Waals surface area contributed by atoms with E-state index in [1.54, 1.807) is 0 Å². The first-order valence-electron chi connectivity index (χ1n) is 8.66. The van der Waals surface area contributed by atoms with Gasteiger partial charge in [0.05, 0.1) is 17.9 Å². The zero-order chi connectivity index (χ0) is 15.5. The summed E-state index contributed by atoms with van der Waals surface area (Å²) in [6, 6.07) is 8.59. The Morgan fingerprint density at radius 2 is 1.91 bits per heavy atom. The Hall–Kier alpha value is -2.17. The van der Waals surface area contributed by atoms with Crippen molar-refractivity contribution in [2.24, 2.45) is 0 Å². The average molecular weight is 309 g/mol. The molecule has 2 aliphatic carbocycles. The van der Waals surface area contributed by atoms with Gasteiger partial charge in [0.25, 0.3) is 0 Å². The number of hydrogen-bond acceptors (Lipinski definition) is 5. The van der Waals surface area contributed by atoms with Crippen LogP contribution in [0.4, 0.5) is 11.8 Å². The lowest BCUT2D eigenvalue weighted by molar-refractivity contribution is 0.741. The van der Waals surface area contributed by atoms with Crippen molar-refractivity contribution in [3.63, 3.8) is 0 Å². The fraction of sp³-hybridized carbons (Fsp3) is 0.500. The molecule has 0 bridgehead atoms. The maximum absolute atomic E-state index is 4.74. The summed E-state index contributed by atoms with van der Waals surface area (Å²) in [4.78, 5) is 13.7. The SMILES string of the molecule is c1ccc(CNc2cc(C3CC3)nc(NC3CCCC3)n2)nc1. The van der Waals surface area contributed by atoms with Gasteiger partial charge in [0.1, 0.15) is 5.82 Å². The molecule has 120 valence electrons. The van der Waals surface area contributed by atoms with Gasteiger partial charge in [-0.05, 0) is 37.8 Å². The van der Waals surface area contributed by atoms with Crippen molar-refractivity contribution >= 4 is 11.8 Å². The molecule has 5 heteroatoms. The minimum absolute atomic E-state index is 0.535. The first-order chi connectivity index (χ1) is 11.4. The summed E-state index contributed by atoms with van der Waals surface area (Å²) in [5.74, 6) is 2.30. The van der Waals surface area contributed by atoms with Crippen LogP contribution in [0.3, 0.4) is 0 Å². The summed E-state index contributed by atoms with van der Waals surface area (Å²) < 4.78 is 0. The molecule has 2 saturated carbocycles. The molecule has 0 aliphatic heterocycles. The number of nitrogens with one attached hydrogen (secondary N) is 2. The van der Waals surface area contributed by atoms with E-state index in [0.29, 0.717) is 18.5 Å². The number of nitrogens with zero attached hydrogens (tertiary/aromatic N) is 3. The fourth-order valence-corrected chi connectivity index (χ4v) is 3.15. The first kappa shape index (κ1) is 14.4. The van der Waals surface area contributed by atoms with Crippen LogP contribution >= 0.6 is 0 Å². The maximum atomic E-state index is 4.74. The van der Waals surface area contributed by atoms with E-state index in [2.05, 4.69) is 26.7 Å². The zero-order valence-corrected chi connectivity index (χ0v) is 13.3. The van der Waals surface area contributed by atoms with Crippen LogP contribution in [-0.4, -0.2) is 21.0 Å². The minimum Gasteiger partial charge on any atom is -0.364 e. The third-order valence-corrected chi connectivity index (χ3v) is 4.61. The Kier molecular flexibility index (Phi) is 4.09. The Labute approximate surface area is 137 Å². The molecule has 4 rings (SSSR count). The molecule has 23 heavy (non-hydrogen) atoms. The van der Waals surface area contributed by atoms with Crippen molar-refractivity contribution in [2.75, 3.05) is 10.6 Å². The van der Waals surface area contributed by atoms with E-state index >= 15 is 0 Å². The first-order valence-corrected chi connectivity index (χ1v) is 8.66. The van der Waals surface area contributed by atoms with E-state index in [1.807, 2.05) is 24.4 Å². The summed E-state index contributed by atoms with van der Waals surface area (Å²) >= 11 is 0. The zero-order valence-electron chi connectivity index (χ0n) is 13.3. The van der Waals surface area contributed by atoms with Crippen LogP contribution in [0, 0.1) is 0 Å². The molecule has 0 spiro atoms. The van der Waals surface area contributed by atoms with Gasteiger partial charge in [-0.25, -0.2) is 4.98 Å². The largest absolute Gasteiger partial charge is 0.364 e. The molecule has 2 aliphatic rings. The van der Waals surface area contributed by atoms with E-state index in [1.165, 1.54) is 44.2 Å². The highest BCUT2D eigenvalue weighted by Crippen LogP contribution is 2.40. The summed E-state index contributed by atoms with van der Waals surface area (Å²) in [5, 5.41) is 6.92. The van der Waals surface area contributed by atoms with Gasteiger partial charge in [-0.15, -0.1) is 0 Å². The van der Waals surface area contributed by atoms with Gasteiger partial charge in [0.2, 0.25) is 5.95 Å². The molecule has 0 saturated heterocycles. The third kappa shape index (κ3) is 3.78. The van der Waals surface area contributed by atoms with E-state index in [9.17, 15) is 0 Å². The molecular weight excluding hydrogens is 286 g/mol. The molecule has 0 aromatic carbocycles. The topological polar surface area (TPSA) is 62.7 Å². The van der Waals surface area contributed by atoms with Crippen molar-refractivity contribution in [3.05, 3.63) is 41.9 Å². The maximum Gasteiger partial charge on any atom is 0.225 e. The molecule has 2 heterocycles. The highest BCUT2D eigenvalue weighted by Gasteiger charge is 2.26. The highest BCUT2D eigenvalue weighted by atomic mass is 15.2. The third-order valence-electron chi connectivity index (χ3n) is 4.61. The van der Waals surface area contributed by atoms with E-state index in [4.69, 9.17) is 4.98 Å². The second kappa shape index (κ2) is 6.52. The van der Waals surface area contributed by atoms with Crippen LogP contribution in [-0.2, 0) is 6.54 Å². The lowest BCUT2D eigenvalue weighted by atomic mass is 10.2. The smallest absolute Gasteiger partial charge is 0.225 e. The van der Waals surface area contributed by atoms with Crippen LogP contribution in [0.2, 0.25) is 0 Å². The van der Waals surface area contributed by atoms with Crippen molar-refractivity contribution in [1.82, 2.24) is 15.0 Å². The van der Waals surface area contributed by atoms with E-state index in [0.717, 1.165) is 17.5 Å². The van der Waals surface area contributed by atoms with Crippen LogP contribution in [0.25, 0.3) is 0 Å². The average Bonchev–Trinajstić information content (AvgIpc) is 3.32. The Morgan fingerprint density at radius 1 is 1.04 bits per heavy atom. The predicted molar refractivity (Wildman–Crippen MR) is 91.4 cm³/mol.